The van der Waals surface area contributed by atoms with Crippen LogP contribution in [0.4, 0.5) is 0 Å². The van der Waals surface area contributed by atoms with Crippen molar-refractivity contribution in [3.05, 3.63) is 28.8 Å². The standard InChI is InChI=1S/C15H23ClSi/c1-17(2,3)15-10-9-13(16)11-14(15)12-7-5-4-6-8-12/h9-12H,4-8H2,1-3H3. The fraction of sp³-hybridized carbons (Fsp3) is 0.600. The summed E-state index contributed by atoms with van der Waals surface area (Å²) in [5.74, 6) is 0.768. The van der Waals surface area contributed by atoms with E-state index in [0.29, 0.717) is 0 Å². The average Bonchev–Trinajstić information content (AvgIpc) is 2.28. The Bertz CT molecular complexity index is 386. The van der Waals surface area contributed by atoms with E-state index in [1.54, 1.807) is 10.8 Å². The normalized spacial score (nSPS) is 18.4. The van der Waals surface area contributed by atoms with E-state index >= 15 is 0 Å². The van der Waals surface area contributed by atoms with Crippen LogP contribution >= 0.6 is 11.6 Å². The van der Waals surface area contributed by atoms with Crippen LogP contribution < -0.4 is 5.19 Å². The molecule has 0 aliphatic heterocycles. The van der Waals surface area contributed by atoms with Crippen LogP contribution in [-0.2, 0) is 0 Å². The lowest BCUT2D eigenvalue weighted by Gasteiger charge is -2.29. The Morgan fingerprint density at radius 1 is 1.06 bits per heavy atom. The van der Waals surface area contributed by atoms with Crippen molar-refractivity contribution in [2.45, 2.75) is 57.7 Å². The molecule has 0 radical (unpaired) electrons. The monoisotopic (exact) mass is 266 g/mol. The molecule has 0 N–H and O–H groups in total. The van der Waals surface area contributed by atoms with Gasteiger partial charge in [0.25, 0.3) is 0 Å². The minimum Gasteiger partial charge on any atom is -0.0843 e. The maximum atomic E-state index is 6.20. The average molecular weight is 267 g/mol. The topological polar surface area (TPSA) is 0 Å². The molecule has 0 atom stereocenters. The van der Waals surface area contributed by atoms with Crippen molar-refractivity contribution in [2.24, 2.45) is 0 Å². The lowest BCUT2D eigenvalue weighted by molar-refractivity contribution is 0.445. The van der Waals surface area contributed by atoms with Gasteiger partial charge >= 0.3 is 0 Å². The minimum atomic E-state index is -1.24. The Balaban J connectivity index is 2.39. The molecule has 1 aliphatic rings. The molecule has 0 heterocycles. The Morgan fingerprint density at radius 3 is 2.29 bits per heavy atom. The first-order valence-corrected chi connectivity index (χ1v) is 10.7. The van der Waals surface area contributed by atoms with E-state index in [1.165, 1.54) is 32.1 Å². The van der Waals surface area contributed by atoms with Crippen LogP contribution in [0.25, 0.3) is 0 Å². The third-order valence-electron chi connectivity index (χ3n) is 3.87. The van der Waals surface area contributed by atoms with Gasteiger partial charge in [-0.3, -0.25) is 0 Å². The Morgan fingerprint density at radius 2 is 1.71 bits per heavy atom. The third-order valence-corrected chi connectivity index (χ3v) is 6.17. The van der Waals surface area contributed by atoms with Gasteiger partial charge in [0.2, 0.25) is 0 Å². The van der Waals surface area contributed by atoms with E-state index in [4.69, 9.17) is 11.6 Å². The highest BCUT2D eigenvalue weighted by Gasteiger charge is 2.25. The fourth-order valence-corrected chi connectivity index (χ4v) is 4.87. The molecule has 17 heavy (non-hydrogen) atoms. The van der Waals surface area contributed by atoms with Gasteiger partial charge in [0.15, 0.2) is 0 Å². The maximum Gasteiger partial charge on any atom is 0.0779 e. The minimum absolute atomic E-state index is 0.768. The lowest BCUT2D eigenvalue weighted by Crippen LogP contribution is -2.41. The van der Waals surface area contributed by atoms with Crippen molar-refractivity contribution in [3.8, 4) is 0 Å². The van der Waals surface area contributed by atoms with Crippen molar-refractivity contribution in [1.29, 1.82) is 0 Å². The number of hydrogen-bond acceptors (Lipinski definition) is 0. The zero-order valence-corrected chi connectivity index (χ0v) is 13.0. The molecule has 0 nitrogen and oxygen atoms in total. The zero-order chi connectivity index (χ0) is 12.5. The summed E-state index contributed by atoms with van der Waals surface area (Å²) >= 11 is 6.20. The van der Waals surface area contributed by atoms with Gasteiger partial charge in [0.05, 0.1) is 8.07 Å². The molecule has 2 heteroatoms. The van der Waals surface area contributed by atoms with Crippen LogP contribution in [0.5, 0.6) is 0 Å². The van der Waals surface area contributed by atoms with Gasteiger partial charge in [-0.1, -0.05) is 61.8 Å². The predicted octanol–water partition coefficient (Wildman–Crippen LogP) is 4.93. The second-order valence-electron chi connectivity index (χ2n) is 6.32. The molecule has 0 amide bonds. The third kappa shape index (κ3) is 3.14. The second-order valence-corrected chi connectivity index (χ2v) is 11.8. The van der Waals surface area contributed by atoms with Gasteiger partial charge in [0.1, 0.15) is 0 Å². The summed E-state index contributed by atoms with van der Waals surface area (Å²) in [6, 6.07) is 6.60. The molecular formula is C15H23ClSi. The maximum absolute atomic E-state index is 6.20. The van der Waals surface area contributed by atoms with E-state index in [2.05, 4.69) is 37.8 Å². The van der Waals surface area contributed by atoms with Gasteiger partial charge in [-0.2, -0.15) is 0 Å². The quantitative estimate of drug-likeness (QED) is 0.666. The van der Waals surface area contributed by atoms with E-state index in [-0.39, 0.29) is 0 Å². The number of benzene rings is 1. The lowest BCUT2D eigenvalue weighted by atomic mass is 9.84. The van der Waals surface area contributed by atoms with Crippen LogP contribution in [-0.4, -0.2) is 8.07 Å². The molecule has 94 valence electrons. The van der Waals surface area contributed by atoms with E-state index in [0.717, 1.165) is 10.9 Å². The summed E-state index contributed by atoms with van der Waals surface area (Å²) in [7, 11) is -1.24. The van der Waals surface area contributed by atoms with Crippen molar-refractivity contribution >= 4 is 24.9 Å². The van der Waals surface area contributed by atoms with Crippen LogP contribution in [0, 0.1) is 0 Å². The van der Waals surface area contributed by atoms with E-state index in [1.807, 2.05) is 0 Å². The smallest absolute Gasteiger partial charge is 0.0779 e. The molecule has 1 fully saturated rings. The molecule has 2 rings (SSSR count). The van der Waals surface area contributed by atoms with Gasteiger partial charge in [-0.15, -0.1) is 0 Å². The molecule has 0 saturated heterocycles. The second kappa shape index (κ2) is 5.15. The molecule has 1 saturated carbocycles. The molecule has 0 bridgehead atoms. The molecule has 0 spiro atoms. The Labute approximate surface area is 111 Å². The summed E-state index contributed by atoms with van der Waals surface area (Å²) < 4.78 is 0. The van der Waals surface area contributed by atoms with Crippen LogP contribution in [0.2, 0.25) is 24.7 Å². The molecule has 1 aliphatic carbocycles. The van der Waals surface area contributed by atoms with Crippen molar-refractivity contribution in [2.75, 3.05) is 0 Å². The number of halogens is 1. The largest absolute Gasteiger partial charge is 0.0843 e. The summed E-state index contributed by atoms with van der Waals surface area (Å²) in [5.41, 5.74) is 1.57. The molecular weight excluding hydrogens is 244 g/mol. The SMILES string of the molecule is C[Si](C)(C)c1ccc(Cl)cc1C1CCCCC1. The van der Waals surface area contributed by atoms with Gasteiger partial charge in [-0.25, -0.2) is 0 Å². The Kier molecular flexibility index (Phi) is 3.99. The van der Waals surface area contributed by atoms with Crippen molar-refractivity contribution in [1.82, 2.24) is 0 Å². The number of rotatable bonds is 2. The molecule has 0 aromatic heterocycles. The van der Waals surface area contributed by atoms with Gasteiger partial charge in [0, 0.05) is 5.02 Å². The highest BCUT2D eigenvalue weighted by Crippen LogP contribution is 2.33. The summed E-state index contributed by atoms with van der Waals surface area (Å²) in [4.78, 5) is 0. The van der Waals surface area contributed by atoms with Crippen molar-refractivity contribution in [3.63, 3.8) is 0 Å². The van der Waals surface area contributed by atoms with Crippen LogP contribution in [0.3, 0.4) is 0 Å². The van der Waals surface area contributed by atoms with Crippen LogP contribution in [0.15, 0.2) is 18.2 Å². The van der Waals surface area contributed by atoms with Crippen molar-refractivity contribution < 1.29 is 0 Å². The highest BCUT2D eigenvalue weighted by molar-refractivity contribution is 6.89. The first-order valence-electron chi connectivity index (χ1n) is 6.78. The summed E-state index contributed by atoms with van der Waals surface area (Å²) in [5, 5.41) is 2.53. The Hall–Kier alpha value is -0.273. The van der Waals surface area contributed by atoms with E-state index in [9.17, 15) is 0 Å². The summed E-state index contributed by atoms with van der Waals surface area (Å²) in [6.45, 7) is 7.30. The molecule has 1 aromatic rings. The summed E-state index contributed by atoms with van der Waals surface area (Å²) in [6.07, 6.45) is 6.92. The van der Waals surface area contributed by atoms with E-state index < -0.39 is 8.07 Å². The first-order chi connectivity index (χ1) is 7.98. The fourth-order valence-electron chi connectivity index (χ4n) is 2.97. The van der Waals surface area contributed by atoms with Crippen LogP contribution in [0.1, 0.15) is 43.6 Å². The van der Waals surface area contributed by atoms with Gasteiger partial charge < -0.3 is 0 Å². The molecule has 1 aromatic carbocycles. The van der Waals surface area contributed by atoms with Gasteiger partial charge in [-0.05, 0) is 36.5 Å². The molecule has 0 unspecified atom stereocenters. The number of hydrogen-bond donors (Lipinski definition) is 0. The highest BCUT2D eigenvalue weighted by atomic mass is 35.5. The predicted molar refractivity (Wildman–Crippen MR) is 80.3 cm³/mol. The first kappa shape index (κ1) is 13.2. The zero-order valence-electron chi connectivity index (χ0n) is 11.2.